The smallest absolute Gasteiger partial charge is 0.0625 e. The van der Waals surface area contributed by atoms with Crippen LogP contribution in [-0.2, 0) is 20.0 Å². The van der Waals surface area contributed by atoms with Crippen molar-refractivity contribution in [1.29, 1.82) is 0 Å². The minimum Gasteiger partial charge on any atom is -0.314 e. The third kappa shape index (κ3) is 2.93. The molecule has 0 spiro atoms. The van der Waals surface area contributed by atoms with Gasteiger partial charge in [0.1, 0.15) is 0 Å². The number of nitrogens with zero attached hydrogens (tertiary/aromatic N) is 3. The first-order valence-corrected chi connectivity index (χ1v) is 7.08. The van der Waals surface area contributed by atoms with Crippen LogP contribution in [0, 0.1) is 5.92 Å². The molecule has 4 nitrogen and oxygen atoms in total. The van der Waals surface area contributed by atoms with Crippen molar-refractivity contribution in [1.82, 2.24) is 20.0 Å². The lowest BCUT2D eigenvalue weighted by atomic mass is 10.0. The molecule has 0 aliphatic carbocycles. The summed E-state index contributed by atoms with van der Waals surface area (Å²) >= 11 is 0. The van der Waals surface area contributed by atoms with Crippen LogP contribution in [0.1, 0.15) is 32.2 Å². The van der Waals surface area contributed by atoms with Gasteiger partial charge in [-0.25, -0.2) is 0 Å². The Morgan fingerprint density at radius 1 is 1.50 bits per heavy atom. The Hall–Kier alpha value is -0.870. The summed E-state index contributed by atoms with van der Waals surface area (Å²) in [5.74, 6) is 0.691. The van der Waals surface area contributed by atoms with Crippen molar-refractivity contribution < 1.29 is 0 Å². The molecule has 1 unspecified atom stereocenters. The van der Waals surface area contributed by atoms with Crippen LogP contribution in [0.3, 0.4) is 0 Å². The maximum atomic E-state index is 4.54. The summed E-state index contributed by atoms with van der Waals surface area (Å²) in [6, 6.07) is 2.89. The molecule has 0 aromatic carbocycles. The second-order valence-electron chi connectivity index (χ2n) is 5.59. The van der Waals surface area contributed by atoms with Gasteiger partial charge < -0.3 is 5.32 Å². The Morgan fingerprint density at radius 2 is 2.28 bits per heavy atom. The third-order valence-electron chi connectivity index (χ3n) is 3.92. The number of hydrogen-bond donors (Lipinski definition) is 1. The Morgan fingerprint density at radius 3 is 2.89 bits per heavy atom. The van der Waals surface area contributed by atoms with Crippen molar-refractivity contribution in [3.05, 3.63) is 17.5 Å². The van der Waals surface area contributed by atoms with Crippen LogP contribution in [0.4, 0.5) is 0 Å². The SMILES string of the molecule is CCc1cc(CN2CCNCC2C(C)C)n(C)n1. The molecule has 1 aliphatic heterocycles. The molecule has 1 aliphatic rings. The highest BCUT2D eigenvalue weighted by Crippen LogP contribution is 2.16. The summed E-state index contributed by atoms with van der Waals surface area (Å²) in [5, 5.41) is 8.04. The van der Waals surface area contributed by atoms with E-state index in [1.165, 1.54) is 11.4 Å². The van der Waals surface area contributed by atoms with Crippen LogP contribution in [0.25, 0.3) is 0 Å². The summed E-state index contributed by atoms with van der Waals surface area (Å²) in [6.45, 7) is 11.1. The van der Waals surface area contributed by atoms with E-state index in [4.69, 9.17) is 0 Å². The van der Waals surface area contributed by atoms with Gasteiger partial charge >= 0.3 is 0 Å². The Kier molecular flexibility index (Phi) is 4.40. The molecule has 0 bridgehead atoms. The van der Waals surface area contributed by atoms with Crippen LogP contribution in [-0.4, -0.2) is 40.4 Å². The first kappa shape index (κ1) is 13.6. The largest absolute Gasteiger partial charge is 0.314 e. The van der Waals surface area contributed by atoms with Crippen molar-refractivity contribution >= 4 is 0 Å². The topological polar surface area (TPSA) is 33.1 Å². The molecule has 1 fully saturated rings. The zero-order valence-electron chi connectivity index (χ0n) is 12.1. The van der Waals surface area contributed by atoms with Crippen molar-refractivity contribution in [3.63, 3.8) is 0 Å². The summed E-state index contributed by atoms with van der Waals surface area (Å²) in [7, 11) is 2.06. The van der Waals surface area contributed by atoms with E-state index < -0.39 is 0 Å². The summed E-state index contributed by atoms with van der Waals surface area (Å²) < 4.78 is 2.04. The first-order chi connectivity index (χ1) is 8.61. The second-order valence-corrected chi connectivity index (χ2v) is 5.59. The van der Waals surface area contributed by atoms with E-state index in [0.29, 0.717) is 12.0 Å². The monoisotopic (exact) mass is 250 g/mol. The zero-order chi connectivity index (χ0) is 13.1. The van der Waals surface area contributed by atoms with Crippen molar-refractivity contribution in [2.24, 2.45) is 13.0 Å². The van der Waals surface area contributed by atoms with E-state index in [9.17, 15) is 0 Å². The van der Waals surface area contributed by atoms with Crippen LogP contribution >= 0.6 is 0 Å². The lowest BCUT2D eigenvalue weighted by molar-refractivity contribution is 0.114. The fourth-order valence-electron chi connectivity index (χ4n) is 2.72. The van der Waals surface area contributed by atoms with Crippen LogP contribution in [0.2, 0.25) is 0 Å². The van der Waals surface area contributed by atoms with Gasteiger partial charge in [0.15, 0.2) is 0 Å². The van der Waals surface area contributed by atoms with Gasteiger partial charge in [-0.1, -0.05) is 20.8 Å². The van der Waals surface area contributed by atoms with Crippen molar-refractivity contribution in [3.8, 4) is 0 Å². The van der Waals surface area contributed by atoms with Gasteiger partial charge in [-0.15, -0.1) is 0 Å². The highest BCUT2D eigenvalue weighted by molar-refractivity contribution is 5.10. The fraction of sp³-hybridized carbons (Fsp3) is 0.786. The molecule has 1 aromatic rings. The normalized spacial score (nSPS) is 21.7. The van der Waals surface area contributed by atoms with E-state index in [2.05, 4.69) is 49.2 Å². The summed E-state index contributed by atoms with van der Waals surface area (Å²) in [4.78, 5) is 2.59. The van der Waals surface area contributed by atoms with E-state index in [0.717, 1.165) is 32.6 Å². The highest BCUT2D eigenvalue weighted by Gasteiger charge is 2.25. The molecule has 1 saturated heterocycles. The van der Waals surface area contributed by atoms with Crippen molar-refractivity contribution in [2.75, 3.05) is 19.6 Å². The highest BCUT2D eigenvalue weighted by atomic mass is 15.3. The predicted molar refractivity (Wildman–Crippen MR) is 74.5 cm³/mol. The fourth-order valence-corrected chi connectivity index (χ4v) is 2.72. The van der Waals surface area contributed by atoms with Gasteiger partial charge in [-0.2, -0.15) is 5.10 Å². The number of piperazine rings is 1. The number of nitrogens with one attached hydrogen (secondary N) is 1. The average molecular weight is 250 g/mol. The standard InChI is InChI=1S/C14H26N4/c1-5-12-8-13(17(4)16-12)10-18-7-6-15-9-14(18)11(2)3/h8,11,14-15H,5-7,9-10H2,1-4H3. The summed E-state index contributed by atoms with van der Waals surface area (Å²) in [6.07, 6.45) is 1.02. The van der Waals surface area contributed by atoms with E-state index in [1.54, 1.807) is 0 Å². The van der Waals surface area contributed by atoms with Gasteiger partial charge in [-0.3, -0.25) is 9.58 Å². The number of aromatic nitrogens is 2. The molecule has 2 rings (SSSR count). The Balaban J connectivity index is 2.08. The van der Waals surface area contributed by atoms with Crippen molar-refractivity contribution in [2.45, 2.75) is 39.8 Å². The molecule has 1 atom stereocenters. The maximum absolute atomic E-state index is 4.54. The number of rotatable bonds is 4. The lowest BCUT2D eigenvalue weighted by Gasteiger charge is -2.38. The van der Waals surface area contributed by atoms with E-state index in [1.807, 2.05) is 4.68 Å². The first-order valence-electron chi connectivity index (χ1n) is 7.08. The minimum absolute atomic E-state index is 0.638. The molecule has 2 heterocycles. The lowest BCUT2D eigenvalue weighted by Crippen LogP contribution is -2.53. The zero-order valence-corrected chi connectivity index (χ0v) is 12.1. The van der Waals surface area contributed by atoms with Gasteiger partial charge in [0, 0.05) is 39.3 Å². The quantitative estimate of drug-likeness (QED) is 0.877. The molecule has 102 valence electrons. The average Bonchev–Trinajstić information content (AvgIpc) is 2.71. The molecule has 1 N–H and O–H groups in total. The number of hydrogen-bond acceptors (Lipinski definition) is 3. The van der Waals surface area contributed by atoms with E-state index >= 15 is 0 Å². The van der Waals surface area contributed by atoms with Gasteiger partial charge in [0.25, 0.3) is 0 Å². The molecule has 18 heavy (non-hydrogen) atoms. The molecule has 4 heteroatoms. The van der Waals surface area contributed by atoms with Crippen LogP contribution in [0.5, 0.6) is 0 Å². The number of aryl methyl sites for hydroxylation is 2. The molecule has 1 aromatic heterocycles. The molecule has 0 saturated carbocycles. The van der Waals surface area contributed by atoms with Crippen LogP contribution in [0.15, 0.2) is 6.07 Å². The van der Waals surface area contributed by atoms with Crippen LogP contribution < -0.4 is 5.32 Å². The Labute approximate surface area is 110 Å². The summed E-state index contributed by atoms with van der Waals surface area (Å²) in [5.41, 5.74) is 2.53. The van der Waals surface area contributed by atoms with Gasteiger partial charge in [0.2, 0.25) is 0 Å². The molecule has 0 amide bonds. The van der Waals surface area contributed by atoms with E-state index in [-0.39, 0.29) is 0 Å². The second kappa shape index (κ2) is 5.85. The molecular weight excluding hydrogens is 224 g/mol. The van der Waals surface area contributed by atoms with Gasteiger partial charge in [-0.05, 0) is 18.4 Å². The molecular formula is C14H26N4. The third-order valence-corrected chi connectivity index (χ3v) is 3.92. The Bertz CT molecular complexity index is 383. The minimum atomic E-state index is 0.638. The maximum Gasteiger partial charge on any atom is 0.0625 e. The molecule has 0 radical (unpaired) electrons. The van der Waals surface area contributed by atoms with Gasteiger partial charge in [0.05, 0.1) is 11.4 Å². The predicted octanol–water partition coefficient (Wildman–Crippen LogP) is 1.41.